The average molecular weight is 276 g/mol. The monoisotopic (exact) mass is 276 g/mol. The van der Waals surface area contributed by atoms with E-state index in [1.54, 1.807) is 18.3 Å². The molecule has 1 aromatic carbocycles. The number of halogens is 2. The zero-order chi connectivity index (χ0) is 14.5. The molecule has 0 fully saturated rings. The largest absolute Gasteiger partial charge is 0.309 e. The number of rotatable bonds is 5. The molecule has 4 heteroatoms. The first-order valence-electron chi connectivity index (χ1n) is 6.70. The van der Waals surface area contributed by atoms with E-state index in [0.717, 1.165) is 11.1 Å². The van der Waals surface area contributed by atoms with E-state index in [9.17, 15) is 8.78 Å². The van der Waals surface area contributed by atoms with E-state index in [1.807, 2.05) is 13.8 Å². The maximum Gasteiger partial charge on any atom is 0.146 e. The van der Waals surface area contributed by atoms with E-state index in [0.29, 0.717) is 18.7 Å². The second-order valence-corrected chi connectivity index (χ2v) is 4.76. The lowest BCUT2D eigenvalue weighted by Crippen LogP contribution is -2.25. The Balaban J connectivity index is 2.28. The Morgan fingerprint density at radius 3 is 2.70 bits per heavy atom. The van der Waals surface area contributed by atoms with Crippen LogP contribution in [0.15, 0.2) is 36.5 Å². The molecule has 0 aliphatic heterocycles. The van der Waals surface area contributed by atoms with Crippen molar-refractivity contribution in [3.63, 3.8) is 0 Å². The van der Waals surface area contributed by atoms with Gasteiger partial charge in [-0.25, -0.2) is 8.78 Å². The smallest absolute Gasteiger partial charge is 0.146 e. The lowest BCUT2D eigenvalue weighted by atomic mass is 9.98. The van der Waals surface area contributed by atoms with Gasteiger partial charge in [0.15, 0.2) is 0 Å². The van der Waals surface area contributed by atoms with E-state index < -0.39 is 0 Å². The van der Waals surface area contributed by atoms with Crippen molar-refractivity contribution >= 4 is 0 Å². The van der Waals surface area contributed by atoms with Gasteiger partial charge in [-0.1, -0.05) is 13.0 Å². The Hall–Kier alpha value is -1.81. The highest BCUT2D eigenvalue weighted by Gasteiger charge is 2.17. The third kappa shape index (κ3) is 3.39. The van der Waals surface area contributed by atoms with Gasteiger partial charge in [0.1, 0.15) is 11.6 Å². The maximum absolute atomic E-state index is 13.9. The standard InChI is InChI=1S/C16H18F2N2/c1-3-19-15(16-14(18)5-4-8-20-16)10-12-6-7-13(17)9-11(12)2/h4-9,15,19H,3,10H2,1-2H3. The van der Waals surface area contributed by atoms with E-state index in [4.69, 9.17) is 0 Å². The number of hydrogen-bond acceptors (Lipinski definition) is 2. The summed E-state index contributed by atoms with van der Waals surface area (Å²) in [6.45, 7) is 4.53. The molecule has 0 bridgehead atoms. The highest BCUT2D eigenvalue weighted by molar-refractivity contribution is 5.28. The molecule has 2 nitrogen and oxygen atoms in total. The highest BCUT2D eigenvalue weighted by atomic mass is 19.1. The van der Waals surface area contributed by atoms with Crippen LogP contribution in [0.2, 0.25) is 0 Å². The summed E-state index contributed by atoms with van der Waals surface area (Å²) in [6.07, 6.45) is 2.16. The molecule has 1 N–H and O–H groups in total. The van der Waals surface area contributed by atoms with Gasteiger partial charge in [-0.2, -0.15) is 0 Å². The van der Waals surface area contributed by atoms with Gasteiger partial charge in [0.2, 0.25) is 0 Å². The van der Waals surface area contributed by atoms with Crippen molar-refractivity contribution < 1.29 is 8.78 Å². The predicted octanol–water partition coefficient (Wildman–Crippen LogP) is 3.56. The van der Waals surface area contributed by atoms with Crippen molar-refractivity contribution in [1.29, 1.82) is 0 Å². The molecule has 106 valence electrons. The fourth-order valence-corrected chi connectivity index (χ4v) is 2.27. The van der Waals surface area contributed by atoms with Crippen molar-refractivity contribution in [3.05, 3.63) is 65.0 Å². The summed E-state index contributed by atoms with van der Waals surface area (Å²) in [5.74, 6) is -0.575. The molecule has 0 amide bonds. The molecule has 1 unspecified atom stereocenters. The topological polar surface area (TPSA) is 24.9 Å². The second-order valence-electron chi connectivity index (χ2n) is 4.76. The quantitative estimate of drug-likeness (QED) is 0.903. The van der Waals surface area contributed by atoms with Gasteiger partial charge in [0, 0.05) is 6.20 Å². The Morgan fingerprint density at radius 2 is 2.05 bits per heavy atom. The van der Waals surface area contributed by atoms with Crippen molar-refractivity contribution in [2.24, 2.45) is 0 Å². The van der Waals surface area contributed by atoms with Crippen molar-refractivity contribution in [2.75, 3.05) is 6.54 Å². The summed E-state index contributed by atoms with van der Waals surface area (Å²) in [5, 5.41) is 3.23. The van der Waals surface area contributed by atoms with E-state index in [2.05, 4.69) is 10.3 Å². The first-order chi connectivity index (χ1) is 9.61. The van der Waals surface area contributed by atoms with Crippen LogP contribution in [0.3, 0.4) is 0 Å². The Labute approximate surface area is 117 Å². The minimum atomic E-state index is -0.321. The molecule has 0 radical (unpaired) electrons. The van der Waals surface area contributed by atoms with Crippen LogP contribution in [0.1, 0.15) is 29.8 Å². The summed E-state index contributed by atoms with van der Waals surface area (Å²) < 4.78 is 27.0. The van der Waals surface area contributed by atoms with Gasteiger partial charge in [-0.3, -0.25) is 4.98 Å². The van der Waals surface area contributed by atoms with Gasteiger partial charge in [-0.05, 0) is 55.3 Å². The lowest BCUT2D eigenvalue weighted by molar-refractivity contribution is 0.493. The molecular weight excluding hydrogens is 258 g/mol. The van der Waals surface area contributed by atoms with Crippen LogP contribution >= 0.6 is 0 Å². The normalized spacial score (nSPS) is 12.4. The lowest BCUT2D eigenvalue weighted by Gasteiger charge is -2.19. The van der Waals surface area contributed by atoms with Crippen molar-refractivity contribution in [2.45, 2.75) is 26.3 Å². The summed E-state index contributed by atoms with van der Waals surface area (Å²) in [5.41, 5.74) is 2.25. The van der Waals surface area contributed by atoms with E-state index in [1.165, 1.54) is 18.2 Å². The maximum atomic E-state index is 13.9. The Kier molecular flexibility index (Phi) is 4.79. The molecule has 0 aliphatic rings. The number of aryl methyl sites for hydroxylation is 1. The molecule has 0 saturated carbocycles. The van der Waals surface area contributed by atoms with Crippen molar-refractivity contribution in [1.82, 2.24) is 10.3 Å². The molecule has 1 heterocycles. The van der Waals surface area contributed by atoms with Crippen LogP contribution < -0.4 is 5.32 Å². The molecule has 0 saturated heterocycles. The minimum absolute atomic E-state index is 0.217. The Morgan fingerprint density at radius 1 is 1.25 bits per heavy atom. The van der Waals surface area contributed by atoms with E-state index in [-0.39, 0.29) is 17.7 Å². The van der Waals surface area contributed by atoms with Crippen molar-refractivity contribution in [3.8, 4) is 0 Å². The second kappa shape index (κ2) is 6.57. The van der Waals surface area contributed by atoms with Crippen LogP contribution in [0.25, 0.3) is 0 Å². The molecular formula is C16H18F2N2. The van der Waals surface area contributed by atoms with Gasteiger partial charge < -0.3 is 5.32 Å². The van der Waals surface area contributed by atoms with Gasteiger partial charge in [0.25, 0.3) is 0 Å². The molecule has 20 heavy (non-hydrogen) atoms. The number of aromatic nitrogens is 1. The molecule has 0 aliphatic carbocycles. The number of likely N-dealkylation sites (N-methyl/N-ethyl adjacent to an activating group) is 1. The first-order valence-corrected chi connectivity index (χ1v) is 6.70. The molecule has 0 spiro atoms. The third-order valence-corrected chi connectivity index (χ3v) is 3.30. The summed E-state index contributed by atoms with van der Waals surface area (Å²) in [6, 6.07) is 7.43. The SMILES string of the molecule is CCNC(Cc1ccc(F)cc1C)c1ncccc1F. The fraction of sp³-hybridized carbons (Fsp3) is 0.312. The molecule has 2 aromatic rings. The summed E-state index contributed by atoms with van der Waals surface area (Å²) in [4.78, 5) is 4.13. The minimum Gasteiger partial charge on any atom is -0.309 e. The van der Waals surface area contributed by atoms with Crippen LogP contribution in [-0.4, -0.2) is 11.5 Å². The first kappa shape index (κ1) is 14.6. The fourth-order valence-electron chi connectivity index (χ4n) is 2.27. The predicted molar refractivity (Wildman–Crippen MR) is 75.5 cm³/mol. The zero-order valence-corrected chi connectivity index (χ0v) is 11.7. The van der Waals surface area contributed by atoms with Gasteiger partial charge in [-0.15, -0.1) is 0 Å². The van der Waals surface area contributed by atoms with Gasteiger partial charge in [0.05, 0.1) is 11.7 Å². The number of pyridine rings is 1. The average Bonchev–Trinajstić information content (AvgIpc) is 2.42. The number of nitrogens with one attached hydrogen (secondary N) is 1. The van der Waals surface area contributed by atoms with E-state index >= 15 is 0 Å². The third-order valence-electron chi connectivity index (χ3n) is 3.30. The highest BCUT2D eigenvalue weighted by Crippen LogP contribution is 2.21. The molecule has 2 rings (SSSR count). The number of hydrogen-bond donors (Lipinski definition) is 1. The number of nitrogens with zero attached hydrogens (tertiary/aromatic N) is 1. The van der Waals surface area contributed by atoms with Crippen LogP contribution in [0, 0.1) is 18.6 Å². The number of benzene rings is 1. The van der Waals surface area contributed by atoms with Crippen LogP contribution in [0.4, 0.5) is 8.78 Å². The molecule has 1 atom stereocenters. The van der Waals surface area contributed by atoms with Gasteiger partial charge >= 0.3 is 0 Å². The Bertz CT molecular complexity index is 584. The van der Waals surface area contributed by atoms with Crippen LogP contribution in [-0.2, 0) is 6.42 Å². The summed E-state index contributed by atoms with van der Waals surface area (Å²) in [7, 11) is 0. The van der Waals surface area contributed by atoms with Crippen LogP contribution in [0.5, 0.6) is 0 Å². The molecule has 1 aromatic heterocycles. The summed E-state index contributed by atoms with van der Waals surface area (Å²) >= 11 is 0. The zero-order valence-electron chi connectivity index (χ0n) is 11.7.